The number of nitrogens with two attached hydrogens (primary N) is 1. The molecular formula is C20H23N7OS. The molecule has 0 spiro atoms. The van der Waals surface area contributed by atoms with Gasteiger partial charge in [-0.3, -0.25) is 9.69 Å². The molecule has 1 aromatic carbocycles. The fraction of sp³-hybridized carbons (Fsp3) is 0.300. The van der Waals surface area contributed by atoms with Crippen molar-refractivity contribution >= 4 is 34.8 Å². The van der Waals surface area contributed by atoms with Gasteiger partial charge in [-0.25, -0.2) is 0 Å². The van der Waals surface area contributed by atoms with Gasteiger partial charge >= 0.3 is 0 Å². The summed E-state index contributed by atoms with van der Waals surface area (Å²) in [5.74, 6) is 1.34. The molecule has 29 heavy (non-hydrogen) atoms. The van der Waals surface area contributed by atoms with Gasteiger partial charge in [-0.1, -0.05) is 24.3 Å². The number of nitrogen functional groups attached to an aromatic ring is 1. The minimum Gasteiger partial charge on any atom is -0.368 e. The minimum absolute atomic E-state index is 0.0318. The number of rotatable bonds is 5. The average Bonchev–Trinajstić information content (AvgIpc) is 3.28. The molecule has 0 aliphatic carbocycles. The number of nitrogens with zero attached hydrogens (tertiary/aromatic N) is 5. The van der Waals surface area contributed by atoms with Crippen LogP contribution in [-0.4, -0.2) is 56.8 Å². The van der Waals surface area contributed by atoms with Crippen LogP contribution >= 0.6 is 11.3 Å². The van der Waals surface area contributed by atoms with Crippen molar-refractivity contribution in [1.29, 1.82) is 0 Å². The molecule has 1 amide bonds. The Hall–Kier alpha value is -3.04. The van der Waals surface area contributed by atoms with E-state index in [-0.39, 0.29) is 17.9 Å². The maximum absolute atomic E-state index is 12.5. The second-order valence-corrected chi connectivity index (χ2v) is 7.80. The predicted molar refractivity (Wildman–Crippen MR) is 114 cm³/mol. The average molecular weight is 410 g/mol. The van der Waals surface area contributed by atoms with Gasteiger partial charge in [-0.05, 0) is 30.5 Å². The third kappa shape index (κ3) is 4.52. The molecule has 8 nitrogen and oxygen atoms in total. The van der Waals surface area contributed by atoms with Crippen LogP contribution in [0.1, 0.15) is 28.5 Å². The maximum atomic E-state index is 12.5. The molecule has 1 atom stereocenters. The molecule has 3 heterocycles. The largest absolute Gasteiger partial charge is 0.368 e. The molecule has 2 aromatic heterocycles. The Kier molecular flexibility index (Phi) is 5.68. The van der Waals surface area contributed by atoms with Gasteiger partial charge in [0.25, 0.3) is 5.91 Å². The van der Waals surface area contributed by atoms with Crippen LogP contribution in [0.4, 0.5) is 17.6 Å². The number of hydrogen-bond acceptors (Lipinski definition) is 8. The Morgan fingerprint density at radius 2 is 1.83 bits per heavy atom. The van der Waals surface area contributed by atoms with Crippen LogP contribution in [0, 0.1) is 0 Å². The van der Waals surface area contributed by atoms with E-state index < -0.39 is 0 Å². The van der Waals surface area contributed by atoms with Crippen LogP contribution in [-0.2, 0) is 0 Å². The van der Waals surface area contributed by atoms with Crippen molar-refractivity contribution in [1.82, 2.24) is 24.8 Å². The maximum Gasteiger partial charge on any atom is 0.264 e. The van der Waals surface area contributed by atoms with Gasteiger partial charge in [0.15, 0.2) is 5.82 Å². The quantitative estimate of drug-likeness (QED) is 0.668. The van der Waals surface area contributed by atoms with E-state index in [1.165, 1.54) is 11.3 Å². The lowest BCUT2D eigenvalue weighted by Crippen LogP contribution is -2.49. The van der Waals surface area contributed by atoms with E-state index in [9.17, 15) is 4.79 Å². The van der Waals surface area contributed by atoms with Crippen molar-refractivity contribution in [2.75, 3.05) is 37.2 Å². The first-order valence-corrected chi connectivity index (χ1v) is 10.4. The smallest absolute Gasteiger partial charge is 0.264 e. The van der Waals surface area contributed by atoms with Gasteiger partial charge in [0.1, 0.15) is 0 Å². The zero-order chi connectivity index (χ0) is 20.2. The number of piperazine rings is 1. The van der Waals surface area contributed by atoms with Gasteiger partial charge in [-0.2, -0.15) is 15.0 Å². The molecule has 3 aromatic rings. The lowest BCUT2D eigenvalue weighted by atomic mass is 10.2. The van der Waals surface area contributed by atoms with Crippen molar-refractivity contribution in [2.45, 2.75) is 13.0 Å². The summed E-state index contributed by atoms with van der Waals surface area (Å²) in [6, 6.07) is 13.4. The van der Waals surface area contributed by atoms with Crippen LogP contribution < -0.4 is 11.1 Å². The summed E-state index contributed by atoms with van der Waals surface area (Å²) in [6.07, 6.45) is 0. The van der Waals surface area contributed by atoms with E-state index in [0.29, 0.717) is 24.9 Å². The SMILES string of the molecule is CC(c1nc(N)nc(Nc2ccccc2)n1)N1CCN(C(=O)c2cccs2)CC1. The fourth-order valence-corrected chi connectivity index (χ4v) is 4.03. The van der Waals surface area contributed by atoms with Gasteiger partial charge in [0.2, 0.25) is 11.9 Å². The van der Waals surface area contributed by atoms with Crippen LogP contribution in [0.25, 0.3) is 0 Å². The normalized spacial score (nSPS) is 15.8. The molecule has 0 saturated carbocycles. The number of para-hydroxylation sites is 1. The number of aromatic nitrogens is 3. The monoisotopic (exact) mass is 409 g/mol. The second kappa shape index (κ2) is 8.54. The van der Waals surface area contributed by atoms with Crippen molar-refractivity contribution in [2.24, 2.45) is 0 Å². The number of thiophene rings is 1. The predicted octanol–water partition coefficient (Wildman–Crippen LogP) is 2.78. The fourth-order valence-electron chi connectivity index (χ4n) is 3.33. The number of carbonyl (C=O) groups is 1. The Morgan fingerprint density at radius 1 is 1.07 bits per heavy atom. The molecule has 1 saturated heterocycles. The third-order valence-corrected chi connectivity index (χ3v) is 5.81. The van der Waals surface area contributed by atoms with Crippen molar-refractivity contribution in [3.8, 4) is 0 Å². The highest BCUT2D eigenvalue weighted by molar-refractivity contribution is 7.12. The highest BCUT2D eigenvalue weighted by Gasteiger charge is 2.27. The number of hydrogen-bond donors (Lipinski definition) is 2. The van der Waals surface area contributed by atoms with Crippen LogP contribution in [0.15, 0.2) is 47.8 Å². The first kappa shape index (κ1) is 19.3. The molecule has 150 valence electrons. The number of carbonyl (C=O) groups excluding carboxylic acids is 1. The lowest BCUT2D eigenvalue weighted by molar-refractivity contribution is 0.0580. The van der Waals surface area contributed by atoms with E-state index in [2.05, 4.69) is 32.1 Å². The molecule has 1 unspecified atom stereocenters. The van der Waals surface area contributed by atoms with Crippen molar-refractivity contribution in [3.05, 3.63) is 58.5 Å². The Balaban J connectivity index is 1.42. The number of amides is 1. The molecule has 3 N–H and O–H groups in total. The van der Waals surface area contributed by atoms with Crippen molar-refractivity contribution < 1.29 is 4.79 Å². The molecule has 0 bridgehead atoms. The lowest BCUT2D eigenvalue weighted by Gasteiger charge is -2.37. The molecule has 1 fully saturated rings. The minimum atomic E-state index is -0.0318. The van der Waals surface area contributed by atoms with E-state index in [1.54, 1.807) is 0 Å². The van der Waals surface area contributed by atoms with E-state index in [0.717, 1.165) is 23.7 Å². The topological polar surface area (TPSA) is 100 Å². The highest BCUT2D eigenvalue weighted by Crippen LogP contribution is 2.22. The van der Waals surface area contributed by atoms with Gasteiger partial charge in [0.05, 0.1) is 10.9 Å². The second-order valence-electron chi connectivity index (χ2n) is 6.85. The first-order chi connectivity index (χ1) is 14.1. The summed E-state index contributed by atoms with van der Waals surface area (Å²) >= 11 is 1.48. The highest BCUT2D eigenvalue weighted by atomic mass is 32.1. The van der Waals surface area contributed by atoms with Crippen LogP contribution in [0.2, 0.25) is 0 Å². The summed E-state index contributed by atoms with van der Waals surface area (Å²) in [4.78, 5) is 30.6. The Morgan fingerprint density at radius 3 is 2.52 bits per heavy atom. The molecule has 9 heteroatoms. The molecule has 1 aliphatic rings. The summed E-state index contributed by atoms with van der Waals surface area (Å²) in [6.45, 7) is 4.92. The number of benzene rings is 1. The zero-order valence-electron chi connectivity index (χ0n) is 16.2. The summed E-state index contributed by atoms with van der Waals surface area (Å²) in [5.41, 5.74) is 6.81. The van der Waals surface area contributed by atoms with Gasteiger partial charge < -0.3 is 16.0 Å². The summed E-state index contributed by atoms with van der Waals surface area (Å²) < 4.78 is 0. The van der Waals surface area contributed by atoms with Gasteiger partial charge in [0, 0.05) is 31.9 Å². The number of nitrogens with one attached hydrogen (secondary N) is 1. The zero-order valence-corrected chi connectivity index (χ0v) is 17.0. The third-order valence-electron chi connectivity index (χ3n) is 4.95. The van der Waals surface area contributed by atoms with E-state index in [4.69, 9.17) is 5.73 Å². The molecule has 1 aliphatic heterocycles. The molecule has 0 radical (unpaired) electrons. The summed E-state index contributed by atoms with van der Waals surface area (Å²) in [7, 11) is 0. The Bertz CT molecular complexity index is 956. The van der Waals surface area contributed by atoms with Crippen LogP contribution in [0.3, 0.4) is 0 Å². The van der Waals surface area contributed by atoms with Crippen molar-refractivity contribution in [3.63, 3.8) is 0 Å². The molecular weight excluding hydrogens is 386 g/mol. The standard InChI is InChI=1S/C20H23N7OS/c1-14(26-9-11-27(12-10-26)18(28)16-8-5-13-29-16)17-23-19(21)25-20(24-17)22-15-6-3-2-4-7-15/h2-8,13-14H,9-12H2,1H3,(H3,21,22,23,24,25). The summed E-state index contributed by atoms with van der Waals surface area (Å²) in [5, 5.41) is 5.10. The molecule has 4 rings (SSSR count). The first-order valence-electron chi connectivity index (χ1n) is 9.50. The Labute approximate surface area is 173 Å². The van der Waals surface area contributed by atoms with E-state index >= 15 is 0 Å². The van der Waals surface area contributed by atoms with Crippen LogP contribution in [0.5, 0.6) is 0 Å². The number of anilines is 3. The van der Waals surface area contributed by atoms with E-state index in [1.807, 2.05) is 52.7 Å². The van der Waals surface area contributed by atoms with Gasteiger partial charge in [-0.15, -0.1) is 11.3 Å².